The van der Waals surface area contributed by atoms with Crippen molar-refractivity contribution in [1.29, 1.82) is 0 Å². The number of hydrogen-bond acceptors (Lipinski definition) is 2. The largest absolute Gasteiger partial charge is 0.330 e. The normalized spacial score (nSPS) is 20.4. The van der Waals surface area contributed by atoms with Gasteiger partial charge in [0.2, 0.25) is 0 Å². The molecule has 1 rings (SSSR count). The number of rotatable bonds is 5. The molecule has 0 bridgehead atoms. The maximum atomic E-state index is 5.86. The molecule has 90 valence electrons. The predicted octanol–water partition coefficient (Wildman–Crippen LogP) is 2.48. The Kier molecular flexibility index (Phi) is 4.60. The Morgan fingerprint density at radius 3 is 2.27 bits per heavy atom. The maximum Gasteiger partial charge on any atom is 0.00923 e. The molecule has 2 N–H and O–H groups in total. The van der Waals surface area contributed by atoms with Crippen molar-refractivity contribution in [3.63, 3.8) is 0 Å². The summed E-state index contributed by atoms with van der Waals surface area (Å²) in [4.78, 5) is 2.52. The van der Waals surface area contributed by atoms with E-state index in [1.165, 1.54) is 32.2 Å². The predicted molar refractivity (Wildman–Crippen MR) is 66.9 cm³/mol. The van der Waals surface area contributed by atoms with Crippen LogP contribution in [0.25, 0.3) is 0 Å². The summed E-state index contributed by atoms with van der Waals surface area (Å²) in [6.45, 7) is 8.92. The number of nitrogens with zero attached hydrogens (tertiary/aromatic N) is 1. The fourth-order valence-corrected chi connectivity index (χ4v) is 2.47. The van der Waals surface area contributed by atoms with Gasteiger partial charge >= 0.3 is 0 Å². The smallest absolute Gasteiger partial charge is 0.00923 e. The van der Waals surface area contributed by atoms with Crippen LogP contribution in [0.4, 0.5) is 0 Å². The van der Waals surface area contributed by atoms with Crippen LogP contribution < -0.4 is 5.73 Å². The molecule has 0 amide bonds. The average Bonchev–Trinajstić information content (AvgIpc) is 1.96. The zero-order valence-corrected chi connectivity index (χ0v) is 10.9. The van der Waals surface area contributed by atoms with Crippen LogP contribution in [0.1, 0.15) is 46.5 Å². The van der Waals surface area contributed by atoms with Crippen LogP contribution in [0.15, 0.2) is 0 Å². The lowest BCUT2D eigenvalue weighted by Gasteiger charge is -2.37. The van der Waals surface area contributed by atoms with Crippen LogP contribution in [-0.2, 0) is 0 Å². The van der Waals surface area contributed by atoms with Crippen LogP contribution in [0.3, 0.4) is 0 Å². The SMILES string of the molecule is CN(CC(CN)CC(C)(C)C)C1CCC1. The van der Waals surface area contributed by atoms with Crippen molar-refractivity contribution >= 4 is 0 Å². The Hall–Kier alpha value is -0.0800. The van der Waals surface area contributed by atoms with Gasteiger partial charge in [0.1, 0.15) is 0 Å². The zero-order chi connectivity index (χ0) is 11.5. The highest BCUT2D eigenvalue weighted by molar-refractivity contribution is 4.80. The maximum absolute atomic E-state index is 5.86. The Morgan fingerprint density at radius 2 is 1.93 bits per heavy atom. The van der Waals surface area contributed by atoms with Gasteiger partial charge in [-0.05, 0) is 44.2 Å². The Morgan fingerprint density at radius 1 is 1.33 bits per heavy atom. The molecule has 2 nitrogen and oxygen atoms in total. The molecule has 15 heavy (non-hydrogen) atoms. The quantitative estimate of drug-likeness (QED) is 0.758. The lowest BCUT2D eigenvalue weighted by molar-refractivity contribution is 0.125. The molecule has 0 aromatic carbocycles. The van der Waals surface area contributed by atoms with Crippen molar-refractivity contribution in [1.82, 2.24) is 4.90 Å². The van der Waals surface area contributed by atoms with Gasteiger partial charge in [0.15, 0.2) is 0 Å². The summed E-state index contributed by atoms with van der Waals surface area (Å²) in [6.07, 6.45) is 5.44. The van der Waals surface area contributed by atoms with Crippen molar-refractivity contribution < 1.29 is 0 Å². The summed E-state index contributed by atoms with van der Waals surface area (Å²) in [5.41, 5.74) is 6.27. The fourth-order valence-electron chi connectivity index (χ4n) is 2.47. The molecule has 1 atom stereocenters. The standard InChI is InChI=1S/C13H28N2/c1-13(2,3)8-11(9-14)10-15(4)12-6-5-7-12/h11-12H,5-10,14H2,1-4H3. The molecule has 0 spiro atoms. The molecule has 1 fully saturated rings. The highest BCUT2D eigenvalue weighted by Crippen LogP contribution is 2.28. The van der Waals surface area contributed by atoms with Crippen LogP contribution >= 0.6 is 0 Å². The van der Waals surface area contributed by atoms with Crippen molar-refractivity contribution in [3.05, 3.63) is 0 Å². The van der Waals surface area contributed by atoms with Crippen LogP contribution in [0.5, 0.6) is 0 Å². The summed E-state index contributed by atoms with van der Waals surface area (Å²) in [5, 5.41) is 0. The molecule has 1 aliphatic carbocycles. The Bertz CT molecular complexity index is 179. The van der Waals surface area contributed by atoms with Gasteiger partial charge in [-0.15, -0.1) is 0 Å². The van der Waals surface area contributed by atoms with Gasteiger partial charge in [0.05, 0.1) is 0 Å². The van der Waals surface area contributed by atoms with Crippen molar-refractivity contribution in [2.45, 2.75) is 52.5 Å². The third-order valence-electron chi connectivity index (χ3n) is 3.48. The first kappa shape index (κ1) is 13.0. The van der Waals surface area contributed by atoms with Gasteiger partial charge in [-0.2, -0.15) is 0 Å². The third-order valence-corrected chi connectivity index (χ3v) is 3.48. The topological polar surface area (TPSA) is 29.3 Å². The van der Waals surface area contributed by atoms with E-state index in [-0.39, 0.29) is 0 Å². The first-order valence-corrected chi connectivity index (χ1v) is 6.32. The minimum Gasteiger partial charge on any atom is -0.330 e. The fraction of sp³-hybridized carbons (Fsp3) is 1.00. The summed E-state index contributed by atoms with van der Waals surface area (Å²) < 4.78 is 0. The van der Waals surface area contributed by atoms with Gasteiger partial charge in [-0.1, -0.05) is 27.2 Å². The van der Waals surface area contributed by atoms with E-state index in [0.717, 1.165) is 12.6 Å². The summed E-state index contributed by atoms with van der Waals surface area (Å²) >= 11 is 0. The first-order valence-electron chi connectivity index (χ1n) is 6.32. The van der Waals surface area contributed by atoms with E-state index in [1.54, 1.807) is 0 Å². The molecule has 0 aliphatic heterocycles. The summed E-state index contributed by atoms with van der Waals surface area (Å²) in [6, 6.07) is 0.846. The van der Waals surface area contributed by atoms with Gasteiger partial charge in [0, 0.05) is 12.6 Å². The molecule has 1 aliphatic rings. The van der Waals surface area contributed by atoms with Crippen LogP contribution in [-0.4, -0.2) is 31.1 Å². The molecule has 1 unspecified atom stereocenters. The van der Waals surface area contributed by atoms with Crippen molar-refractivity contribution in [2.75, 3.05) is 20.1 Å². The molecule has 0 aromatic heterocycles. The van der Waals surface area contributed by atoms with Gasteiger partial charge < -0.3 is 10.6 Å². The summed E-state index contributed by atoms with van der Waals surface area (Å²) in [7, 11) is 2.26. The molecule has 0 saturated heterocycles. The Balaban J connectivity index is 2.31. The second-order valence-corrected chi connectivity index (χ2v) is 6.39. The second-order valence-electron chi connectivity index (χ2n) is 6.39. The van der Waals surface area contributed by atoms with Crippen LogP contribution in [0, 0.1) is 11.3 Å². The second kappa shape index (κ2) is 5.31. The van der Waals surface area contributed by atoms with E-state index in [4.69, 9.17) is 5.73 Å². The molecule has 0 radical (unpaired) electrons. The van der Waals surface area contributed by atoms with E-state index >= 15 is 0 Å². The van der Waals surface area contributed by atoms with Crippen molar-refractivity contribution in [3.8, 4) is 0 Å². The van der Waals surface area contributed by atoms with Crippen molar-refractivity contribution in [2.24, 2.45) is 17.1 Å². The molecule has 0 heterocycles. The molecular formula is C13H28N2. The van der Waals surface area contributed by atoms with E-state index in [1.807, 2.05) is 0 Å². The minimum atomic E-state index is 0.407. The van der Waals surface area contributed by atoms with E-state index < -0.39 is 0 Å². The van der Waals surface area contributed by atoms with E-state index in [9.17, 15) is 0 Å². The first-order chi connectivity index (χ1) is 6.92. The third kappa shape index (κ3) is 4.52. The highest BCUT2D eigenvalue weighted by atomic mass is 15.1. The zero-order valence-electron chi connectivity index (χ0n) is 10.9. The molecule has 0 aromatic rings. The Labute approximate surface area is 95.2 Å². The average molecular weight is 212 g/mol. The lowest BCUT2D eigenvalue weighted by Crippen LogP contribution is -2.42. The lowest BCUT2D eigenvalue weighted by atomic mass is 9.83. The summed E-state index contributed by atoms with van der Waals surface area (Å²) in [5.74, 6) is 0.663. The highest BCUT2D eigenvalue weighted by Gasteiger charge is 2.25. The molecule has 2 heteroatoms. The minimum absolute atomic E-state index is 0.407. The van der Waals surface area contributed by atoms with Gasteiger partial charge in [-0.3, -0.25) is 0 Å². The van der Waals surface area contributed by atoms with Gasteiger partial charge in [-0.25, -0.2) is 0 Å². The molecule has 1 saturated carbocycles. The van der Waals surface area contributed by atoms with Gasteiger partial charge in [0.25, 0.3) is 0 Å². The van der Waals surface area contributed by atoms with E-state index in [2.05, 4.69) is 32.7 Å². The van der Waals surface area contributed by atoms with Crippen LogP contribution in [0.2, 0.25) is 0 Å². The number of nitrogens with two attached hydrogens (primary N) is 1. The monoisotopic (exact) mass is 212 g/mol. The van der Waals surface area contributed by atoms with E-state index in [0.29, 0.717) is 11.3 Å². The number of hydrogen-bond donors (Lipinski definition) is 1. The molecular weight excluding hydrogens is 184 g/mol.